The lowest BCUT2D eigenvalue weighted by Crippen LogP contribution is -2.51. The van der Waals surface area contributed by atoms with Crippen molar-refractivity contribution in [3.63, 3.8) is 0 Å². The van der Waals surface area contributed by atoms with Crippen molar-refractivity contribution in [3.05, 3.63) is 93.4 Å². The van der Waals surface area contributed by atoms with Crippen molar-refractivity contribution in [1.29, 1.82) is 0 Å². The lowest BCUT2D eigenvalue weighted by Gasteiger charge is -2.34. The van der Waals surface area contributed by atoms with Crippen LogP contribution in [0.15, 0.2) is 65.6 Å². The quantitative estimate of drug-likeness (QED) is 0.300. The van der Waals surface area contributed by atoms with Gasteiger partial charge in [-0.2, -0.15) is 0 Å². The molecule has 3 aromatic rings. The molecule has 0 bridgehead atoms. The minimum Gasteiger partial charge on any atom is -0.481 e. The Morgan fingerprint density at radius 2 is 1.73 bits per heavy atom. The van der Waals surface area contributed by atoms with Crippen LogP contribution in [0.1, 0.15) is 55.0 Å². The molecule has 0 aliphatic carbocycles. The minimum absolute atomic E-state index is 0.00362. The Morgan fingerprint density at radius 3 is 2.34 bits per heavy atom. The number of aliphatic carboxylic acids is 1. The van der Waals surface area contributed by atoms with Crippen molar-refractivity contribution in [2.24, 2.45) is 5.92 Å². The summed E-state index contributed by atoms with van der Waals surface area (Å²) in [5, 5.41) is 24.0. The van der Waals surface area contributed by atoms with Gasteiger partial charge in [-0.3, -0.25) is 19.3 Å². The third-order valence-corrected chi connectivity index (χ3v) is 7.50. The van der Waals surface area contributed by atoms with Crippen LogP contribution >= 0.6 is 0 Å². The van der Waals surface area contributed by atoms with E-state index in [-0.39, 0.29) is 17.9 Å². The number of benzene rings is 2. The number of carboxylic acids is 1. The van der Waals surface area contributed by atoms with Crippen molar-refractivity contribution in [3.8, 4) is 11.1 Å². The maximum Gasteiger partial charge on any atom is 0.308 e. The summed E-state index contributed by atoms with van der Waals surface area (Å²) in [5.74, 6) is -1.97. The SMILES string of the molecule is Cc1cccc(C)c1-c1cccc([C@@](O)(CC(=O)O)NC(=O)C(CC(C)C)n2cc(CN3CC(F)C3)ccc2=O)c1. The summed E-state index contributed by atoms with van der Waals surface area (Å²) in [6.45, 7) is 8.84. The Hall–Kier alpha value is -3.82. The van der Waals surface area contributed by atoms with E-state index in [1.807, 2.05) is 56.9 Å². The van der Waals surface area contributed by atoms with Crippen molar-refractivity contribution < 1.29 is 24.2 Å². The van der Waals surface area contributed by atoms with E-state index in [2.05, 4.69) is 5.32 Å². The molecule has 3 N–H and O–H groups in total. The number of hydrogen-bond donors (Lipinski definition) is 3. The van der Waals surface area contributed by atoms with Gasteiger partial charge in [-0.15, -0.1) is 0 Å². The maximum absolute atomic E-state index is 13.8. The third kappa shape index (κ3) is 7.10. The first kappa shape index (κ1) is 30.1. The number of pyridine rings is 1. The third-order valence-electron chi connectivity index (χ3n) is 7.50. The fourth-order valence-corrected chi connectivity index (χ4v) is 5.50. The number of carboxylic acid groups (broad SMARTS) is 1. The molecule has 1 aromatic heterocycles. The molecule has 1 saturated heterocycles. The van der Waals surface area contributed by atoms with Crippen LogP contribution in [0.25, 0.3) is 11.1 Å². The molecule has 9 heteroatoms. The van der Waals surface area contributed by atoms with Crippen molar-refractivity contribution in [2.45, 2.75) is 65.0 Å². The van der Waals surface area contributed by atoms with Gasteiger partial charge in [-0.05, 0) is 60.1 Å². The second-order valence-corrected chi connectivity index (χ2v) is 11.5. The number of likely N-dealkylation sites (tertiary alicyclic amines) is 1. The Kier molecular flexibility index (Phi) is 9.09. The first-order valence-electron chi connectivity index (χ1n) is 13.9. The van der Waals surface area contributed by atoms with E-state index in [1.54, 1.807) is 30.5 Å². The highest BCUT2D eigenvalue weighted by atomic mass is 19.1. The van der Waals surface area contributed by atoms with E-state index in [0.29, 0.717) is 19.6 Å². The van der Waals surface area contributed by atoms with Crippen LogP contribution < -0.4 is 10.9 Å². The molecule has 4 rings (SSSR count). The zero-order valence-corrected chi connectivity index (χ0v) is 23.9. The zero-order chi connectivity index (χ0) is 29.9. The molecular formula is C32H38FN3O5. The number of carbonyl (C=O) groups excluding carboxylic acids is 1. The minimum atomic E-state index is -2.24. The summed E-state index contributed by atoms with van der Waals surface area (Å²) < 4.78 is 14.6. The topological polar surface area (TPSA) is 112 Å². The summed E-state index contributed by atoms with van der Waals surface area (Å²) in [6, 6.07) is 14.8. The van der Waals surface area contributed by atoms with Crippen LogP contribution in [0, 0.1) is 19.8 Å². The zero-order valence-electron chi connectivity index (χ0n) is 23.9. The van der Waals surface area contributed by atoms with Crippen LogP contribution in [0.4, 0.5) is 4.39 Å². The molecule has 1 amide bonds. The monoisotopic (exact) mass is 563 g/mol. The molecule has 0 radical (unpaired) electrons. The Labute approximate surface area is 239 Å². The smallest absolute Gasteiger partial charge is 0.308 e. The molecule has 1 aliphatic rings. The number of aromatic nitrogens is 1. The first-order chi connectivity index (χ1) is 19.4. The van der Waals surface area contributed by atoms with Gasteiger partial charge in [0.2, 0.25) is 5.91 Å². The van der Waals surface area contributed by atoms with Gasteiger partial charge in [0.05, 0.1) is 6.42 Å². The predicted octanol–water partition coefficient (Wildman–Crippen LogP) is 4.31. The van der Waals surface area contributed by atoms with Gasteiger partial charge < -0.3 is 20.1 Å². The Bertz CT molecular complexity index is 1460. The number of aliphatic hydroxyl groups is 1. The lowest BCUT2D eigenvalue weighted by molar-refractivity contribution is -0.148. The van der Waals surface area contributed by atoms with E-state index in [1.165, 1.54) is 10.6 Å². The molecule has 2 atom stereocenters. The number of nitrogens with one attached hydrogen (secondary N) is 1. The molecule has 1 unspecified atom stereocenters. The van der Waals surface area contributed by atoms with Gasteiger partial charge in [0.15, 0.2) is 5.72 Å². The van der Waals surface area contributed by atoms with Crippen LogP contribution in [-0.4, -0.2) is 50.8 Å². The number of aryl methyl sites for hydroxylation is 2. The summed E-state index contributed by atoms with van der Waals surface area (Å²) >= 11 is 0. The summed E-state index contributed by atoms with van der Waals surface area (Å²) in [5.41, 5.74) is 2.10. The molecular weight excluding hydrogens is 525 g/mol. The van der Waals surface area contributed by atoms with E-state index in [4.69, 9.17) is 0 Å². The molecule has 0 spiro atoms. The fraction of sp³-hybridized carbons (Fsp3) is 0.406. The van der Waals surface area contributed by atoms with E-state index in [9.17, 15) is 29.0 Å². The molecule has 218 valence electrons. The van der Waals surface area contributed by atoms with E-state index in [0.717, 1.165) is 27.8 Å². The highest BCUT2D eigenvalue weighted by molar-refractivity contribution is 5.82. The van der Waals surface area contributed by atoms with Crippen molar-refractivity contribution >= 4 is 11.9 Å². The number of amides is 1. The molecule has 2 heterocycles. The second-order valence-electron chi connectivity index (χ2n) is 11.5. The molecule has 1 aliphatic heterocycles. The van der Waals surface area contributed by atoms with Crippen molar-refractivity contribution in [2.75, 3.05) is 13.1 Å². The molecule has 41 heavy (non-hydrogen) atoms. The lowest BCUT2D eigenvalue weighted by atomic mass is 9.91. The number of hydrogen-bond acceptors (Lipinski definition) is 5. The Balaban J connectivity index is 1.69. The van der Waals surface area contributed by atoms with Crippen LogP contribution in [0.5, 0.6) is 0 Å². The number of rotatable bonds is 11. The van der Waals surface area contributed by atoms with Gasteiger partial charge in [0.25, 0.3) is 5.56 Å². The average Bonchev–Trinajstić information content (AvgIpc) is 2.87. The van der Waals surface area contributed by atoms with Gasteiger partial charge in [-0.25, -0.2) is 4.39 Å². The van der Waals surface area contributed by atoms with Crippen LogP contribution in [0.2, 0.25) is 0 Å². The number of nitrogens with zero attached hydrogens (tertiary/aromatic N) is 2. The first-order valence-corrected chi connectivity index (χ1v) is 13.9. The number of halogens is 1. The summed E-state index contributed by atoms with van der Waals surface area (Å²) in [6.07, 6.45) is 0.230. The molecule has 2 aromatic carbocycles. The molecule has 0 saturated carbocycles. The second kappa shape index (κ2) is 12.4. The van der Waals surface area contributed by atoms with Gasteiger partial charge in [-0.1, -0.05) is 56.3 Å². The molecule has 1 fully saturated rings. The highest BCUT2D eigenvalue weighted by Crippen LogP contribution is 2.32. The Morgan fingerprint density at radius 1 is 1.07 bits per heavy atom. The van der Waals surface area contributed by atoms with Crippen LogP contribution in [-0.2, 0) is 21.9 Å². The summed E-state index contributed by atoms with van der Waals surface area (Å²) in [4.78, 5) is 40.6. The van der Waals surface area contributed by atoms with Gasteiger partial charge >= 0.3 is 5.97 Å². The van der Waals surface area contributed by atoms with Crippen molar-refractivity contribution in [1.82, 2.24) is 14.8 Å². The fourth-order valence-electron chi connectivity index (χ4n) is 5.50. The summed E-state index contributed by atoms with van der Waals surface area (Å²) in [7, 11) is 0. The van der Waals surface area contributed by atoms with Gasteiger partial charge in [0.1, 0.15) is 12.2 Å². The predicted molar refractivity (Wildman–Crippen MR) is 155 cm³/mol. The standard InChI is InChI=1S/C32H38FN3O5/c1-20(2)13-27(36-17-23(11-12-28(36)37)16-35-18-26(33)19-35)31(40)34-32(41,15-29(38)39)25-10-6-9-24(14-25)30-21(3)7-5-8-22(30)4/h5-12,14,17,20,26-27,41H,13,15-16,18-19H2,1-4H3,(H,34,40)(H,38,39)/t27?,32-/m0/s1. The van der Waals surface area contributed by atoms with E-state index >= 15 is 0 Å². The number of alkyl halides is 1. The van der Waals surface area contributed by atoms with Crippen LogP contribution in [0.3, 0.4) is 0 Å². The van der Waals surface area contributed by atoms with E-state index < -0.39 is 41.8 Å². The van der Waals surface area contributed by atoms with Gasteiger partial charge in [0, 0.05) is 37.5 Å². The number of carbonyl (C=O) groups is 2. The highest BCUT2D eigenvalue weighted by Gasteiger charge is 2.37. The maximum atomic E-state index is 13.8. The normalized spacial score (nSPS) is 16.2. The largest absolute Gasteiger partial charge is 0.481 e. The average molecular weight is 564 g/mol. The molecule has 8 nitrogen and oxygen atoms in total.